The summed E-state index contributed by atoms with van der Waals surface area (Å²) in [6, 6.07) is 13.3. The molecule has 4 nitrogen and oxygen atoms in total. The highest BCUT2D eigenvalue weighted by Crippen LogP contribution is 2.40. The van der Waals surface area contributed by atoms with Crippen molar-refractivity contribution in [2.45, 2.75) is 12.5 Å². The van der Waals surface area contributed by atoms with Gasteiger partial charge in [-0.05, 0) is 29.3 Å². The number of carbonyl (C=O) groups excluding carboxylic acids is 1. The summed E-state index contributed by atoms with van der Waals surface area (Å²) in [6.07, 6.45) is 1.40. The Kier molecular flexibility index (Phi) is 6.22. The van der Waals surface area contributed by atoms with Gasteiger partial charge in [-0.2, -0.15) is 0 Å². The Morgan fingerprint density at radius 3 is 2.56 bits per heavy atom. The number of aliphatic carboxylic acids is 1. The molecule has 0 saturated carbocycles. The molecule has 1 aliphatic rings. The fourth-order valence-corrected chi connectivity index (χ4v) is 4.52. The van der Waals surface area contributed by atoms with Crippen molar-refractivity contribution < 1.29 is 14.7 Å². The van der Waals surface area contributed by atoms with E-state index < -0.39 is 12.0 Å². The highest BCUT2D eigenvalue weighted by atomic mass is 35.5. The zero-order valence-electron chi connectivity index (χ0n) is 13.8. The van der Waals surface area contributed by atoms with Crippen LogP contribution in [0.1, 0.15) is 23.6 Å². The summed E-state index contributed by atoms with van der Waals surface area (Å²) in [7, 11) is 0. The van der Waals surface area contributed by atoms with Crippen molar-refractivity contribution in [3.8, 4) is 0 Å². The van der Waals surface area contributed by atoms with Crippen LogP contribution in [0, 0.1) is 0 Å². The van der Waals surface area contributed by atoms with Crippen LogP contribution in [0.4, 0.5) is 0 Å². The predicted octanol–water partition coefficient (Wildman–Crippen LogP) is 5.41. The Bertz CT molecular complexity index is 947. The number of carboxylic acid groups (broad SMARTS) is 1. The molecule has 0 radical (unpaired) electrons. The second-order valence-electron chi connectivity index (χ2n) is 5.74. The van der Waals surface area contributed by atoms with E-state index in [4.69, 9.17) is 35.4 Å². The average Bonchev–Trinajstić information content (AvgIpc) is 2.89. The molecule has 1 fully saturated rings. The summed E-state index contributed by atoms with van der Waals surface area (Å²) in [5.74, 6) is -1.35. The van der Waals surface area contributed by atoms with E-state index in [1.165, 1.54) is 4.90 Å². The van der Waals surface area contributed by atoms with Gasteiger partial charge in [0.2, 0.25) is 0 Å². The molecule has 138 valence electrons. The minimum absolute atomic E-state index is 0.245. The van der Waals surface area contributed by atoms with Crippen LogP contribution in [0.3, 0.4) is 0 Å². The Morgan fingerprint density at radius 1 is 1.22 bits per heavy atom. The molecule has 8 heteroatoms. The predicted molar refractivity (Wildman–Crippen MR) is 113 cm³/mol. The third-order valence-electron chi connectivity index (χ3n) is 3.94. The standard InChI is InChI=1S/C19H13Cl2NO3S2/c20-13-7-6-12(14(21)9-13)8-16-18(25)22(19(26)27-16)15(10-17(23)24)11-4-2-1-3-5-11/h1-9,15H,10H2,(H,23,24). The van der Waals surface area contributed by atoms with Crippen molar-refractivity contribution in [1.82, 2.24) is 4.90 Å². The van der Waals surface area contributed by atoms with Gasteiger partial charge in [0, 0.05) is 10.0 Å². The summed E-state index contributed by atoms with van der Waals surface area (Å²) in [5.41, 5.74) is 1.35. The molecule has 1 aliphatic heterocycles. The third kappa shape index (κ3) is 4.52. The van der Waals surface area contributed by atoms with Crippen LogP contribution in [0.5, 0.6) is 0 Å². The molecule has 0 bridgehead atoms. The molecule has 0 aliphatic carbocycles. The summed E-state index contributed by atoms with van der Waals surface area (Å²) < 4.78 is 0.312. The van der Waals surface area contributed by atoms with E-state index in [0.717, 1.165) is 11.8 Å². The maximum absolute atomic E-state index is 13.0. The van der Waals surface area contributed by atoms with Crippen LogP contribution in [-0.4, -0.2) is 26.2 Å². The largest absolute Gasteiger partial charge is 0.481 e. The molecular formula is C19H13Cl2NO3S2. The van der Waals surface area contributed by atoms with Gasteiger partial charge in [-0.1, -0.05) is 83.6 Å². The number of thioether (sulfide) groups is 1. The lowest BCUT2D eigenvalue weighted by molar-refractivity contribution is -0.138. The minimum atomic E-state index is -1.01. The summed E-state index contributed by atoms with van der Waals surface area (Å²) in [5, 5.41) is 10.2. The van der Waals surface area contributed by atoms with Gasteiger partial charge in [-0.3, -0.25) is 14.5 Å². The Morgan fingerprint density at radius 2 is 1.93 bits per heavy atom. The van der Waals surface area contributed by atoms with Crippen molar-refractivity contribution in [2.24, 2.45) is 0 Å². The number of hydrogen-bond donors (Lipinski definition) is 1. The van der Waals surface area contributed by atoms with E-state index in [1.54, 1.807) is 48.5 Å². The zero-order valence-corrected chi connectivity index (χ0v) is 16.9. The van der Waals surface area contributed by atoms with E-state index in [-0.39, 0.29) is 12.3 Å². The molecule has 1 heterocycles. The van der Waals surface area contributed by atoms with E-state index in [1.807, 2.05) is 6.07 Å². The molecular weight excluding hydrogens is 425 g/mol. The lowest BCUT2D eigenvalue weighted by Gasteiger charge is -2.26. The molecule has 1 unspecified atom stereocenters. The number of hydrogen-bond acceptors (Lipinski definition) is 4. The number of rotatable bonds is 5. The molecule has 0 aromatic heterocycles. The van der Waals surface area contributed by atoms with Crippen LogP contribution in [0.2, 0.25) is 10.0 Å². The molecule has 0 spiro atoms. The van der Waals surface area contributed by atoms with Crippen LogP contribution in [-0.2, 0) is 9.59 Å². The molecule has 1 saturated heterocycles. The molecule has 1 atom stereocenters. The Balaban J connectivity index is 1.96. The van der Waals surface area contributed by atoms with E-state index in [0.29, 0.717) is 30.4 Å². The summed E-state index contributed by atoms with van der Waals surface area (Å²) in [4.78, 5) is 26.1. The Hall–Kier alpha value is -1.86. The van der Waals surface area contributed by atoms with Crippen molar-refractivity contribution in [1.29, 1.82) is 0 Å². The van der Waals surface area contributed by atoms with Crippen LogP contribution < -0.4 is 0 Å². The van der Waals surface area contributed by atoms with Crippen LogP contribution in [0.15, 0.2) is 53.4 Å². The number of benzene rings is 2. The third-order valence-corrected chi connectivity index (χ3v) is 5.83. The SMILES string of the molecule is O=C(O)CC(c1ccccc1)N1C(=O)C(=Cc2ccc(Cl)cc2Cl)SC1=S. The van der Waals surface area contributed by atoms with Crippen molar-refractivity contribution in [2.75, 3.05) is 0 Å². The van der Waals surface area contributed by atoms with Crippen molar-refractivity contribution in [3.05, 3.63) is 74.6 Å². The highest BCUT2D eigenvalue weighted by molar-refractivity contribution is 8.26. The normalized spacial score (nSPS) is 16.8. The zero-order chi connectivity index (χ0) is 19.6. The number of amides is 1. The molecule has 2 aromatic carbocycles. The van der Waals surface area contributed by atoms with Gasteiger partial charge in [0.25, 0.3) is 5.91 Å². The first kappa shape index (κ1) is 19.9. The number of carboxylic acids is 1. The van der Waals surface area contributed by atoms with Gasteiger partial charge < -0.3 is 5.11 Å². The molecule has 1 N–H and O–H groups in total. The van der Waals surface area contributed by atoms with Crippen LogP contribution >= 0.6 is 47.2 Å². The summed E-state index contributed by atoms with van der Waals surface area (Å²) >= 11 is 18.6. The number of halogens is 2. The first-order chi connectivity index (χ1) is 12.9. The maximum atomic E-state index is 13.0. The fraction of sp³-hybridized carbons (Fsp3) is 0.105. The second-order valence-corrected chi connectivity index (χ2v) is 8.26. The van der Waals surface area contributed by atoms with E-state index in [2.05, 4.69) is 0 Å². The molecule has 3 rings (SSSR count). The van der Waals surface area contributed by atoms with E-state index in [9.17, 15) is 14.7 Å². The van der Waals surface area contributed by atoms with Gasteiger partial charge in [0.15, 0.2) is 0 Å². The lowest BCUT2D eigenvalue weighted by Crippen LogP contribution is -2.34. The van der Waals surface area contributed by atoms with Gasteiger partial charge in [-0.25, -0.2) is 0 Å². The number of thiocarbonyl (C=S) groups is 1. The van der Waals surface area contributed by atoms with Crippen molar-refractivity contribution >= 4 is 69.5 Å². The Labute approximate surface area is 175 Å². The monoisotopic (exact) mass is 437 g/mol. The number of carbonyl (C=O) groups is 2. The lowest BCUT2D eigenvalue weighted by atomic mass is 10.0. The summed E-state index contributed by atoms with van der Waals surface area (Å²) in [6.45, 7) is 0. The molecule has 1 amide bonds. The molecule has 27 heavy (non-hydrogen) atoms. The fourth-order valence-electron chi connectivity index (χ4n) is 2.71. The smallest absolute Gasteiger partial charge is 0.305 e. The highest BCUT2D eigenvalue weighted by Gasteiger charge is 2.38. The van der Waals surface area contributed by atoms with Gasteiger partial charge in [0.05, 0.1) is 17.4 Å². The maximum Gasteiger partial charge on any atom is 0.305 e. The first-order valence-electron chi connectivity index (χ1n) is 7.85. The molecule has 2 aromatic rings. The van der Waals surface area contributed by atoms with E-state index >= 15 is 0 Å². The quantitative estimate of drug-likeness (QED) is 0.500. The average molecular weight is 438 g/mol. The van der Waals surface area contributed by atoms with Crippen molar-refractivity contribution in [3.63, 3.8) is 0 Å². The van der Waals surface area contributed by atoms with Gasteiger partial charge in [0.1, 0.15) is 4.32 Å². The van der Waals surface area contributed by atoms with Gasteiger partial charge >= 0.3 is 5.97 Å². The first-order valence-corrected chi connectivity index (χ1v) is 9.83. The van der Waals surface area contributed by atoms with Crippen LogP contribution in [0.25, 0.3) is 6.08 Å². The van der Waals surface area contributed by atoms with Gasteiger partial charge in [-0.15, -0.1) is 0 Å². The number of nitrogens with zero attached hydrogens (tertiary/aromatic N) is 1. The second kappa shape index (κ2) is 8.44. The topological polar surface area (TPSA) is 57.6 Å². The minimum Gasteiger partial charge on any atom is -0.481 e.